The van der Waals surface area contributed by atoms with E-state index in [1.165, 1.54) is 12.1 Å². The van der Waals surface area contributed by atoms with Crippen molar-refractivity contribution >= 4 is 18.1 Å². The van der Waals surface area contributed by atoms with Gasteiger partial charge in [0, 0.05) is 30.9 Å². The molecule has 0 aromatic heterocycles. The van der Waals surface area contributed by atoms with Gasteiger partial charge in [-0.3, -0.25) is 0 Å². The van der Waals surface area contributed by atoms with Gasteiger partial charge in [0.1, 0.15) is 5.75 Å². The molecule has 0 aliphatic carbocycles. The summed E-state index contributed by atoms with van der Waals surface area (Å²) in [4.78, 5) is 2.07. The lowest BCUT2D eigenvalue weighted by molar-refractivity contribution is 0.0930. The molecule has 1 N–H and O–H groups in total. The van der Waals surface area contributed by atoms with Crippen LogP contribution in [0.15, 0.2) is 42.5 Å². The molecule has 2 aromatic rings. The van der Waals surface area contributed by atoms with E-state index >= 15 is 0 Å². The average molecular weight is 399 g/mol. The maximum atomic E-state index is 13.6. The lowest BCUT2D eigenvalue weighted by Gasteiger charge is -2.38. The summed E-state index contributed by atoms with van der Waals surface area (Å²) in [5.41, 5.74) is 1.80. The normalized spacial score (nSPS) is 17.9. The Morgan fingerprint density at radius 2 is 2.04 bits per heavy atom. The van der Waals surface area contributed by atoms with Gasteiger partial charge >= 0.3 is 0 Å². The van der Waals surface area contributed by atoms with E-state index in [0.717, 1.165) is 11.3 Å². The predicted molar refractivity (Wildman–Crippen MR) is 105 cm³/mol. The molecular formula is C20H25ClF2N2O2. The smallest absolute Gasteiger partial charge is 0.160 e. The standard InChI is InChI=1S/C20H24F2N2O2.ClH/c1-14(15-4-3-5-18(10-15)25-2)23-12-17-13-26-9-8-24(17)16-6-7-19(21)20(22)11-16;/h3-7,10-11,14,17,23H,8-9,12-13H2,1-2H3;1H/t14-,17?;/m1./s1. The Labute approximate surface area is 164 Å². The first-order chi connectivity index (χ1) is 12.6. The minimum atomic E-state index is -0.830. The molecule has 0 amide bonds. The number of nitrogens with zero attached hydrogens (tertiary/aromatic N) is 1. The van der Waals surface area contributed by atoms with E-state index in [4.69, 9.17) is 9.47 Å². The van der Waals surface area contributed by atoms with Gasteiger partial charge in [-0.1, -0.05) is 12.1 Å². The van der Waals surface area contributed by atoms with Gasteiger partial charge in [0.25, 0.3) is 0 Å². The monoisotopic (exact) mass is 398 g/mol. The molecule has 0 radical (unpaired) electrons. The number of morpholine rings is 1. The van der Waals surface area contributed by atoms with Crippen LogP contribution >= 0.6 is 12.4 Å². The van der Waals surface area contributed by atoms with Crippen molar-refractivity contribution in [3.8, 4) is 5.75 Å². The third-order valence-electron chi connectivity index (χ3n) is 4.72. The van der Waals surface area contributed by atoms with Crippen LogP contribution in [0.25, 0.3) is 0 Å². The van der Waals surface area contributed by atoms with Gasteiger partial charge in [-0.2, -0.15) is 0 Å². The first-order valence-corrected chi connectivity index (χ1v) is 8.75. The molecule has 2 atom stereocenters. The average Bonchev–Trinajstić information content (AvgIpc) is 2.68. The summed E-state index contributed by atoms with van der Waals surface area (Å²) in [6.45, 7) is 4.50. The third kappa shape index (κ3) is 5.31. The van der Waals surface area contributed by atoms with E-state index in [-0.39, 0.29) is 24.5 Å². The molecule has 1 aliphatic rings. The number of halogens is 3. The Bertz CT molecular complexity index is 748. The molecule has 1 fully saturated rings. The number of hydrogen-bond donors (Lipinski definition) is 1. The quantitative estimate of drug-likeness (QED) is 0.798. The fourth-order valence-electron chi connectivity index (χ4n) is 3.17. The number of benzene rings is 2. The maximum absolute atomic E-state index is 13.6. The van der Waals surface area contributed by atoms with Crippen molar-refractivity contribution in [2.75, 3.05) is 38.3 Å². The Hall–Kier alpha value is -1.89. The number of anilines is 1. The molecule has 1 saturated heterocycles. The fraction of sp³-hybridized carbons (Fsp3) is 0.400. The van der Waals surface area contributed by atoms with E-state index in [2.05, 4.69) is 17.1 Å². The predicted octanol–water partition coefficient (Wildman–Crippen LogP) is 3.95. The van der Waals surface area contributed by atoms with Crippen molar-refractivity contribution in [2.24, 2.45) is 0 Å². The van der Waals surface area contributed by atoms with Crippen LogP contribution in [0.5, 0.6) is 5.75 Å². The van der Waals surface area contributed by atoms with Crippen LogP contribution in [0, 0.1) is 11.6 Å². The van der Waals surface area contributed by atoms with Gasteiger partial charge in [-0.25, -0.2) is 8.78 Å². The zero-order valence-electron chi connectivity index (χ0n) is 15.5. The summed E-state index contributed by atoms with van der Waals surface area (Å²) in [6, 6.07) is 12.1. The van der Waals surface area contributed by atoms with E-state index in [0.29, 0.717) is 32.0 Å². The molecule has 3 rings (SSSR count). The van der Waals surface area contributed by atoms with Gasteiger partial charge in [0.2, 0.25) is 0 Å². The Morgan fingerprint density at radius 3 is 2.78 bits per heavy atom. The van der Waals surface area contributed by atoms with Gasteiger partial charge < -0.3 is 19.7 Å². The Morgan fingerprint density at radius 1 is 1.22 bits per heavy atom. The maximum Gasteiger partial charge on any atom is 0.160 e. The largest absolute Gasteiger partial charge is 0.497 e. The molecule has 1 unspecified atom stereocenters. The molecule has 148 valence electrons. The van der Waals surface area contributed by atoms with Crippen LogP contribution in [-0.4, -0.2) is 39.5 Å². The highest BCUT2D eigenvalue weighted by atomic mass is 35.5. The van der Waals surface area contributed by atoms with Gasteiger partial charge in [0.05, 0.1) is 26.4 Å². The summed E-state index contributed by atoms with van der Waals surface area (Å²) >= 11 is 0. The van der Waals surface area contributed by atoms with E-state index in [1.807, 2.05) is 24.3 Å². The lowest BCUT2D eigenvalue weighted by Crippen LogP contribution is -2.51. The number of ether oxygens (including phenoxy) is 2. The second-order valence-corrected chi connectivity index (χ2v) is 6.43. The number of rotatable bonds is 6. The molecule has 7 heteroatoms. The number of nitrogens with one attached hydrogen (secondary N) is 1. The first-order valence-electron chi connectivity index (χ1n) is 8.75. The van der Waals surface area contributed by atoms with E-state index < -0.39 is 11.6 Å². The van der Waals surface area contributed by atoms with Crippen LogP contribution < -0.4 is 15.0 Å². The fourth-order valence-corrected chi connectivity index (χ4v) is 3.17. The second-order valence-electron chi connectivity index (χ2n) is 6.43. The van der Waals surface area contributed by atoms with Crippen molar-refractivity contribution in [1.82, 2.24) is 5.32 Å². The van der Waals surface area contributed by atoms with Crippen molar-refractivity contribution < 1.29 is 18.3 Å². The highest BCUT2D eigenvalue weighted by Gasteiger charge is 2.24. The first kappa shape index (κ1) is 21.4. The molecule has 4 nitrogen and oxygen atoms in total. The van der Waals surface area contributed by atoms with Gasteiger partial charge in [-0.15, -0.1) is 12.4 Å². The minimum absolute atomic E-state index is 0. The Kier molecular flexibility index (Phi) is 7.83. The number of hydrogen-bond acceptors (Lipinski definition) is 4. The van der Waals surface area contributed by atoms with Crippen molar-refractivity contribution in [3.05, 3.63) is 59.7 Å². The molecule has 27 heavy (non-hydrogen) atoms. The van der Waals surface area contributed by atoms with E-state index in [9.17, 15) is 8.78 Å². The summed E-state index contributed by atoms with van der Waals surface area (Å²) in [6.07, 6.45) is 0. The number of methoxy groups -OCH3 is 1. The van der Waals surface area contributed by atoms with Crippen molar-refractivity contribution in [2.45, 2.75) is 19.0 Å². The molecule has 0 saturated carbocycles. The lowest BCUT2D eigenvalue weighted by atomic mass is 10.1. The van der Waals surface area contributed by atoms with Crippen LogP contribution in [-0.2, 0) is 4.74 Å². The van der Waals surface area contributed by atoms with Crippen LogP contribution in [0.3, 0.4) is 0 Å². The summed E-state index contributed by atoms with van der Waals surface area (Å²) in [5, 5.41) is 3.50. The van der Waals surface area contributed by atoms with Crippen LogP contribution in [0.2, 0.25) is 0 Å². The molecule has 1 aliphatic heterocycles. The highest BCUT2D eigenvalue weighted by Crippen LogP contribution is 2.23. The summed E-state index contributed by atoms with van der Waals surface area (Å²) in [5.74, 6) is -0.839. The van der Waals surface area contributed by atoms with Crippen LogP contribution in [0.4, 0.5) is 14.5 Å². The van der Waals surface area contributed by atoms with E-state index in [1.54, 1.807) is 13.2 Å². The molecule has 2 aromatic carbocycles. The van der Waals surface area contributed by atoms with Gasteiger partial charge in [-0.05, 0) is 36.8 Å². The minimum Gasteiger partial charge on any atom is -0.497 e. The SMILES string of the molecule is COc1cccc([C@@H](C)NCC2COCCN2c2ccc(F)c(F)c2)c1.Cl. The zero-order chi connectivity index (χ0) is 18.5. The third-order valence-corrected chi connectivity index (χ3v) is 4.72. The van der Waals surface area contributed by atoms with Crippen LogP contribution in [0.1, 0.15) is 18.5 Å². The summed E-state index contributed by atoms with van der Waals surface area (Å²) in [7, 11) is 1.65. The highest BCUT2D eigenvalue weighted by molar-refractivity contribution is 5.85. The molecule has 1 heterocycles. The van der Waals surface area contributed by atoms with Crippen molar-refractivity contribution in [3.63, 3.8) is 0 Å². The molecular weight excluding hydrogens is 374 g/mol. The Balaban J connectivity index is 0.00000261. The zero-order valence-corrected chi connectivity index (χ0v) is 16.3. The topological polar surface area (TPSA) is 33.7 Å². The second kappa shape index (κ2) is 9.88. The van der Waals surface area contributed by atoms with Gasteiger partial charge in [0.15, 0.2) is 11.6 Å². The van der Waals surface area contributed by atoms with Crippen molar-refractivity contribution in [1.29, 1.82) is 0 Å². The molecule has 0 bridgehead atoms. The molecule has 0 spiro atoms. The summed E-state index contributed by atoms with van der Waals surface area (Å²) < 4.78 is 37.7.